The third-order valence-corrected chi connectivity index (χ3v) is 4.24. The standard InChI is InChI=1S/C16H18N2O3/c1-11(14(19)17-9-5-2-6-10-17)18-15(20)12-7-3-4-8-13(12)16(18)21/h3-4,7-8,11H,2,5-6,9-10H2,1H3/t11-/m1/s1. The summed E-state index contributed by atoms with van der Waals surface area (Å²) in [7, 11) is 0. The second-order valence-electron chi connectivity index (χ2n) is 5.59. The molecule has 2 aliphatic rings. The summed E-state index contributed by atoms with van der Waals surface area (Å²) in [6.45, 7) is 3.07. The van der Waals surface area contributed by atoms with Crippen LogP contribution in [0.25, 0.3) is 0 Å². The van der Waals surface area contributed by atoms with Crippen molar-refractivity contribution in [2.45, 2.75) is 32.2 Å². The van der Waals surface area contributed by atoms with Crippen molar-refractivity contribution in [2.75, 3.05) is 13.1 Å². The van der Waals surface area contributed by atoms with Crippen molar-refractivity contribution in [3.05, 3.63) is 35.4 Å². The minimum Gasteiger partial charge on any atom is -0.341 e. The summed E-state index contributed by atoms with van der Waals surface area (Å²) in [6.07, 6.45) is 3.10. The molecule has 0 radical (unpaired) electrons. The van der Waals surface area contributed by atoms with E-state index in [1.165, 1.54) is 0 Å². The molecular weight excluding hydrogens is 268 g/mol. The van der Waals surface area contributed by atoms with Crippen LogP contribution in [0.1, 0.15) is 46.9 Å². The van der Waals surface area contributed by atoms with Gasteiger partial charge in [-0.1, -0.05) is 12.1 Å². The molecule has 0 saturated carbocycles. The first-order valence-corrected chi connectivity index (χ1v) is 7.37. The second-order valence-corrected chi connectivity index (χ2v) is 5.59. The maximum Gasteiger partial charge on any atom is 0.262 e. The Bertz CT molecular complexity index is 570. The van der Waals surface area contributed by atoms with Crippen LogP contribution in [-0.2, 0) is 4.79 Å². The van der Waals surface area contributed by atoms with Gasteiger partial charge in [0.1, 0.15) is 6.04 Å². The molecule has 1 atom stereocenters. The molecule has 0 aliphatic carbocycles. The number of likely N-dealkylation sites (tertiary alicyclic amines) is 1. The van der Waals surface area contributed by atoms with Gasteiger partial charge in [-0.2, -0.15) is 0 Å². The van der Waals surface area contributed by atoms with Gasteiger partial charge in [0.15, 0.2) is 0 Å². The van der Waals surface area contributed by atoms with Crippen LogP contribution < -0.4 is 0 Å². The second kappa shape index (κ2) is 5.31. The monoisotopic (exact) mass is 286 g/mol. The summed E-state index contributed by atoms with van der Waals surface area (Å²) < 4.78 is 0. The number of hydrogen-bond acceptors (Lipinski definition) is 3. The predicted octanol–water partition coefficient (Wildman–Crippen LogP) is 1.68. The average Bonchev–Trinajstić information content (AvgIpc) is 2.79. The Morgan fingerprint density at radius 3 is 2.05 bits per heavy atom. The van der Waals surface area contributed by atoms with Crippen molar-refractivity contribution in [1.29, 1.82) is 0 Å². The molecule has 3 amide bonds. The summed E-state index contributed by atoms with van der Waals surface area (Å²) in [5, 5.41) is 0. The lowest BCUT2D eigenvalue weighted by Gasteiger charge is -2.31. The Morgan fingerprint density at radius 1 is 1.00 bits per heavy atom. The van der Waals surface area contributed by atoms with E-state index in [9.17, 15) is 14.4 Å². The van der Waals surface area contributed by atoms with E-state index < -0.39 is 6.04 Å². The molecule has 2 aliphatic heterocycles. The molecule has 1 saturated heterocycles. The van der Waals surface area contributed by atoms with E-state index in [0.717, 1.165) is 24.2 Å². The highest BCUT2D eigenvalue weighted by Crippen LogP contribution is 2.25. The van der Waals surface area contributed by atoms with Crippen molar-refractivity contribution < 1.29 is 14.4 Å². The van der Waals surface area contributed by atoms with Crippen LogP contribution in [0.3, 0.4) is 0 Å². The fourth-order valence-electron chi connectivity index (χ4n) is 3.05. The van der Waals surface area contributed by atoms with Gasteiger partial charge in [0.2, 0.25) is 5.91 Å². The number of carbonyl (C=O) groups is 3. The molecule has 0 unspecified atom stereocenters. The Morgan fingerprint density at radius 2 is 1.52 bits per heavy atom. The largest absolute Gasteiger partial charge is 0.341 e. The van der Waals surface area contributed by atoms with E-state index in [2.05, 4.69) is 0 Å². The van der Waals surface area contributed by atoms with E-state index in [4.69, 9.17) is 0 Å². The highest BCUT2D eigenvalue weighted by Gasteiger charge is 2.41. The van der Waals surface area contributed by atoms with Gasteiger partial charge in [-0.05, 0) is 38.3 Å². The lowest BCUT2D eigenvalue weighted by atomic mass is 10.1. The maximum atomic E-state index is 12.5. The molecule has 110 valence electrons. The highest BCUT2D eigenvalue weighted by atomic mass is 16.2. The molecule has 0 spiro atoms. The number of rotatable bonds is 2. The molecule has 1 fully saturated rings. The molecule has 2 heterocycles. The third kappa shape index (κ3) is 2.22. The summed E-state index contributed by atoms with van der Waals surface area (Å²) in [5.74, 6) is -0.869. The molecular formula is C16H18N2O3. The zero-order valence-corrected chi connectivity index (χ0v) is 12.0. The Kier molecular flexibility index (Phi) is 3.49. The van der Waals surface area contributed by atoms with Crippen molar-refractivity contribution in [3.8, 4) is 0 Å². The van der Waals surface area contributed by atoms with Crippen molar-refractivity contribution in [1.82, 2.24) is 9.80 Å². The van der Waals surface area contributed by atoms with Gasteiger partial charge in [0, 0.05) is 13.1 Å². The van der Waals surface area contributed by atoms with Crippen LogP contribution in [0.2, 0.25) is 0 Å². The average molecular weight is 286 g/mol. The number of piperidine rings is 1. The van der Waals surface area contributed by atoms with Crippen LogP contribution in [-0.4, -0.2) is 46.7 Å². The molecule has 0 aromatic heterocycles. The van der Waals surface area contributed by atoms with E-state index >= 15 is 0 Å². The Hall–Kier alpha value is -2.17. The van der Waals surface area contributed by atoms with Gasteiger partial charge in [0.25, 0.3) is 11.8 Å². The van der Waals surface area contributed by atoms with Crippen LogP contribution in [0, 0.1) is 0 Å². The van der Waals surface area contributed by atoms with E-state index in [1.807, 2.05) is 0 Å². The van der Waals surface area contributed by atoms with Gasteiger partial charge < -0.3 is 4.90 Å². The molecule has 5 nitrogen and oxygen atoms in total. The minimum absolute atomic E-state index is 0.135. The summed E-state index contributed by atoms with van der Waals surface area (Å²) in [5.41, 5.74) is 0.779. The van der Waals surface area contributed by atoms with Crippen LogP contribution in [0.15, 0.2) is 24.3 Å². The fourth-order valence-corrected chi connectivity index (χ4v) is 3.05. The Labute approximate surface area is 123 Å². The van der Waals surface area contributed by atoms with Gasteiger partial charge in [-0.25, -0.2) is 0 Å². The smallest absolute Gasteiger partial charge is 0.262 e. The normalized spacial score (nSPS) is 19.7. The summed E-state index contributed by atoms with van der Waals surface area (Å²) in [4.78, 5) is 40.1. The third-order valence-electron chi connectivity index (χ3n) is 4.24. The van der Waals surface area contributed by atoms with Gasteiger partial charge >= 0.3 is 0 Å². The fraction of sp³-hybridized carbons (Fsp3) is 0.438. The van der Waals surface area contributed by atoms with Crippen LogP contribution in [0.4, 0.5) is 0 Å². The topological polar surface area (TPSA) is 57.7 Å². The van der Waals surface area contributed by atoms with Crippen molar-refractivity contribution in [2.24, 2.45) is 0 Å². The molecule has 5 heteroatoms. The predicted molar refractivity (Wildman–Crippen MR) is 76.8 cm³/mol. The molecule has 1 aromatic carbocycles. The van der Waals surface area contributed by atoms with E-state index in [1.54, 1.807) is 36.1 Å². The maximum absolute atomic E-state index is 12.5. The van der Waals surface area contributed by atoms with Gasteiger partial charge in [0.05, 0.1) is 11.1 Å². The van der Waals surface area contributed by atoms with E-state index in [0.29, 0.717) is 24.2 Å². The number of imide groups is 1. The first-order valence-electron chi connectivity index (χ1n) is 7.37. The van der Waals surface area contributed by atoms with Crippen molar-refractivity contribution in [3.63, 3.8) is 0 Å². The number of nitrogens with zero attached hydrogens (tertiary/aromatic N) is 2. The number of carbonyl (C=O) groups excluding carboxylic acids is 3. The summed E-state index contributed by atoms with van der Waals surface area (Å²) in [6, 6.07) is 5.98. The zero-order chi connectivity index (χ0) is 15.0. The first kappa shape index (κ1) is 13.8. The number of amides is 3. The lowest BCUT2D eigenvalue weighted by Crippen LogP contribution is -2.50. The molecule has 21 heavy (non-hydrogen) atoms. The van der Waals surface area contributed by atoms with E-state index in [-0.39, 0.29) is 17.7 Å². The quantitative estimate of drug-likeness (QED) is 0.777. The number of fused-ring (bicyclic) bond motifs is 1. The first-order chi connectivity index (χ1) is 10.1. The van der Waals surface area contributed by atoms with Gasteiger partial charge in [-0.3, -0.25) is 19.3 Å². The molecule has 0 N–H and O–H groups in total. The molecule has 1 aromatic rings. The zero-order valence-electron chi connectivity index (χ0n) is 12.0. The Balaban J connectivity index is 1.83. The molecule has 3 rings (SSSR count). The highest BCUT2D eigenvalue weighted by molar-refractivity contribution is 6.22. The van der Waals surface area contributed by atoms with Crippen LogP contribution >= 0.6 is 0 Å². The van der Waals surface area contributed by atoms with Crippen LogP contribution in [0.5, 0.6) is 0 Å². The van der Waals surface area contributed by atoms with Gasteiger partial charge in [-0.15, -0.1) is 0 Å². The SMILES string of the molecule is C[C@H](C(=O)N1CCCCC1)N1C(=O)c2ccccc2C1=O. The molecule has 0 bridgehead atoms. The number of benzene rings is 1. The number of hydrogen-bond donors (Lipinski definition) is 0. The summed E-state index contributed by atoms with van der Waals surface area (Å²) >= 11 is 0. The lowest BCUT2D eigenvalue weighted by molar-refractivity contribution is -0.135. The minimum atomic E-state index is -0.740. The van der Waals surface area contributed by atoms with Crippen molar-refractivity contribution >= 4 is 17.7 Å².